The van der Waals surface area contributed by atoms with E-state index in [2.05, 4.69) is 22.5 Å². The van der Waals surface area contributed by atoms with Crippen molar-refractivity contribution >= 4 is 35.5 Å². The van der Waals surface area contributed by atoms with Gasteiger partial charge in [-0.3, -0.25) is 24.0 Å². The zero-order valence-electron chi connectivity index (χ0n) is 30.6. The zero-order valence-corrected chi connectivity index (χ0v) is 30.6. The fraction of sp³-hybridized carbons (Fsp3) is 0.622. The topological polar surface area (TPSA) is 154 Å². The van der Waals surface area contributed by atoms with Gasteiger partial charge in [0.2, 0.25) is 23.5 Å². The van der Waals surface area contributed by atoms with Crippen molar-refractivity contribution < 1.29 is 33.5 Å². The van der Waals surface area contributed by atoms with Crippen LogP contribution in [0.3, 0.4) is 0 Å². The number of rotatable bonds is 16. The Labute approximate surface area is 291 Å². The van der Waals surface area contributed by atoms with Crippen molar-refractivity contribution in [3.8, 4) is 0 Å². The Hall–Kier alpha value is -4.22. The SMILES string of the molecule is C=CCCC(NC(=O)[C@@H]1[C@@H](CCC)CCN1C(=O)[C@@H](NC(=O)OC(C)(C)C)C(C)(C)C)C(=O)C(=O)NCCC(=O)N(C)Cc1ccccc1. The first-order chi connectivity index (χ1) is 22.9. The molecule has 1 aromatic carbocycles. The van der Waals surface area contributed by atoms with Crippen LogP contribution in [0.1, 0.15) is 92.6 Å². The standard InChI is InChI=1S/C37H57N5O7/c1-10-12-19-27(30(44)33(46)38-22-20-28(43)41(9)24-25-17-14-13-15-18-25)39-32(45)29-26(16-11-2)21-23-42(29)34(47)31(36(3,4)5)40-35(48)49-37(6,7)8/h10,13-15,17-18,26-27,29,31H,1,11-12,16,19-24H2,2-9H3,(H,38,46)(H,39,45)(H,40,48)/t26-,27?,29-,31+/m0/s1. The van der Waals surface area contributed by atoms with Gasteiger partial charge in [0.25, 0.3) is 5.91 Å². The number of ether oxygens (including phenoxy) is 1. The van der Waals surface area contributed by atoms with E-state index < -0.39 is 58.7 Å². The molecule has 49 heavy (non-hydrogen) atoms. The molecule has 272 valence electrons. The Bertz CT molecular complexity index is 1320. The Morgan fingerprint density at radius 2 is 1.69 bits per heavy atom. The molecule has 12 nitrogen and oxygen atoms in total. The second-order valence-corrected chi connectivity index (χ2v) is 14.8. The van der Waals surface area contributed by atoms with E-state index in [0.29, 0.717) is 32.4 Å². The van der Waals surface area contributed by atoms with Gasteiger partial charge in [-0.2, -0.15) is 0 Å². The highest BCUT2D eigenvalue weighted by Crippen LogP contribution is 2.32. The maximum Gasteiger partial charge on any atom is 0.408 e. The number of alkyl carbamates (subject to hydrolysis) is 1. The van der Waals surface area contributed by atoms with Crippen molar-refractivity contribution in [1.82, 2.24) is 25.8 Å². The van der Waals surface area contributed by atoms with Gasteiger partial charge in [-0.05, 0) is 63.4 Å². The number of amides is 5. The van der Waals surface area contributed by atoms with E-state index >= 15 is 0 Å². The van der Waals surface area contributed by atoms with Gasteiger partial charge in [-0.25, -0.2) is 4.79 Å². The van der Waals surface area contributed by atoms with Crippen LogP contribution in [0.2, 0.25) is 0 Å². The third-order valence-corrected chi connectivity index (χ3v) is 8.34. The summed E-state index contributed by atoms with van der Waals surface area (Å²) in [4.78, 5) is 82.8. The molecule has 2 rings (SSSR count). The zero-order chi connectivity index (χ0) is 36.9. The van der Waals surface area contributed by atoms with Gasteiger partial charge in [-0.15, -0.1) is 6.58 Å². The molecule has 0 saturated carbocycles. The maximum absolute atomic E-state index is 14.1. The molecule has 1 heterocycles. The molecule has 1 unspecified atom stereocenters. The number of carbonyl (C=O) groups is 6. The summed E-state index contributed by atoms with van der Waals surface area (Å²) in [5, 5.41) is 8.00. The van der Waals surface area contributed by atoms with Gasteiger partial charge in [0.1, 0.15) is 17.7 Å². The van der Waals surface area contributed by atoms with Gasteiger partial charge in [0, 0.05) is 33.1 Å². The van der Waals surface area contributed by atoms with Crippen LogP contribution in [-0.4, -0.2) is 89.2 Å². The number of carbonyl (C=O) groups excluding carboxylic acids is 6. The maximum atomic E-state index is 14.1. The van der Waals surface area contributed by atoms with Gasteiger partial charge in [0.05, 0.1) is 6.04 Å². The van der Waals surface area contributed by atoms with Crippen LogP contribution in [0, 0.1) is 11.3 Å². The number of allylic oxidation sites excluding steroid dienone is 1. The normalized spacial score (nSPS) is 17.3. The number of ketones is 1. The molecular formula is C37H57N5O7. The Morgan fingerprint density at radius 3 is 2.27 bits per heavy atom. The number of likely N-dealkylation sites (tertiary alicyclic amines) is 1. The third kappa shape index (κ3) is 13.0. The molecule has 0 radical (unpaired) electrons. The van der Waals surface area contributed by atoms with E-state index in [9.17, 15) is 28.8 Å². The lowest BCUT2D eigenvalue weighted by atomic mass is 9.85. The highest BCUT2D eigenvalue weighted by atomic mass is 16.6. The molecule has 12 heteroatoms. The van der Waals surface area contributed by atoms with E-state index in [4.69, 9.17) is 4.74 Å². The van der Waals surface area contributed by atoms with Crippen LogP contribution in [0.15, 0.2) is 43.0 Å². The van der Waals surface area contributed by atoms with Crippen molar-refractivity contribution in [2.75, 3.05) is 20.1 Å². The van der Waals surface area contributed by atoms with Crippen molar-refractivity contribution in [3.63, 3.8) is 0 Å². The van der Waals surface area contributed by atoms with Crippen LogP contribution in [-0.2, 0) is 35.3 Å². The molecule has 0 spiro atoms. The van der Waals surface area contributed by atoms with Gasteiger partial charge < -0.3 is 30.5 Å². The van der Waals surface area contributed by atoms with E-state index in [1.807, 2.05) is 58.0 Å². The lowest BCUT2D eigenvalue weighted by Gasteiger charge is -2.36. The number of nitrogens with one attached hydrogen (secondary N) is 3. The number of benzene rings is 1. The fourth-order valence-corrected chi connectivity index (χ4v) is 5.85. The summed E-state index contributed by atoms with van der Waals surface area (Å²) < 4.78 is 5.42. The Balaban J connectivity index is 2.17. The molecular weight excluding hydrogens is 626 g/mol. The molecule has 4 atom stereocenters. The van der Waals surface area contributed by atoms with E-state index in [1.54, 1.807) is 38.8 Å². The summed E-state index contributed by atoms with van der Waals surface area (Å²) in [6.45, 7) is 17.0. The minimum absolute atomic E-state index is 0.00381. The predicted molar refractivity (Wildman–Crippen MR) is 188 cm³/mol. The van der Waals surface area contributed by atoms with Crippen molar-refractivity contribution in [1.29, 1.82) is 0 Å². The molecule has 1 saturated heterocycles. The molecule has 1 aliphatic heterocycles. The molecule has 0 bridgehead atoms. The molecule has 1 fully saturated rings. The first-order valence-electron chi connectivity index (χ1n) is 17.2. The molecule has 5 amide bonds. The summed E-state index contributed by atoms with van der Waals surface area (Å²) in [6.07, 6.45) is 3.34. The molecule has 3 N–H and O–H groups in total. The first-order valence-corrected chi connectivity index (χ1v) is 17.2. The fourth-order valence-electron chi connectivity index (χ4n) is 5.85. The van der Waals surface area contributed by atoms with Crippen molar-refractivity contribution in [2.24, 2.45) is 11.3 Å². The number of Topliss-reactive ketones (excluding diaryl/α,β-unsaturated/α-hetero) is 1. The average molecular weight is 684 g/mol. The second-order valence-electron chi connectivity index (χ2n) is 14.8. The van der Waals surface area contributed by atoms with E-state index in [-0.39, 0.29) is 31.2 Å². The summed E-state index contributed by atoms with van der Waals surface area (Å²) in [5.74, 6) is -3.10. The summed E-state index contributed by atoms with van der Waals surface area (Å²) in [6, 6.07) is 6.44. The predicted octanol–water partition coefficient (Wildman–Crippen LogP) is 4.13. The van der Waals surface area contributed by atoms with Crippen molar-refractivity contribution in [3.05, 3.63) is 48.6 Å². The Morgan fingerprint density at radius 1 is 1.04 bits per heavy atom. The largest absolute Gasteiger partial charge is 0.444 e. The molecule has 1 aliphatic rings. The highest BCUT2D eigenvalue weighted by molar-refractivity contribution is 6.38. The summed E-state index contributed by atoms with van der Waals surface area (Å²) in [7, 11) is 1.67. The van der Waals surface area contributed by atoms with E-state index in [1.165, 1.54) is 4.90 Å². The molecule has 0 aliphatic carbocycles. The van der Waals surface area contributed by atoms with Crippen LogP contribution in [0.4, 0.5) is 4.79 Å². The summed E-state index contributed by atoms with van der Waals surface area (Å²) in [5.41, 5.74) is -0.517. The average Bonchev–Trinajstić information content (AvgIpc) is 3.44. The van der Waals surface area contributed by atoms with E-state index in [0.717, 1.165) is 12.0 Å². The minimum Gasteiger partial charge on any atom is -0.444 e. The van der Waals surface area contributed by atoms with Gasteiger partial charge in [0.15, 0.2) is 0 Å². The quantitative estimate of drug-likeness (QED) is 0.175. The molecule has 1 aromatic rings. The molecule has 0 aromatic heterocycles. The van der Waals surface area contributed by atoms with Gasteiger partial charge in [-0.1, -0.05) is 70.5 Å². The summed E-state index contributed by atoms with van der Waals surface area (Å²) >= 11 is 0. The minimum atomic E-state index is -1.17. The number of nitrogens with zero attached hydrogens (tertiary/aromatic N) is 2. The number of hydrogen-bond donors (Lipinski definition) is 3. The Kier molecular flexibility index (Phi) is 15.5. The smallest absolute Gasteiger partial charge is 0.408 e. The lowest BCUT2D eigenvalue weighted by Crippen LogP contribution is -2.60. The van der Waals surface area contributed by atoms with Crippen LogP contribution >= 0.6 is 0 Å². The van der Waals surface area contributed by atoms with Crippen molar-refractivity contribution in [2.45, 2.75) is 117 Å². The second kappa shape index (κ2) is 18.5. The van der Waals surface area contributed by atoms with Gasteiger partial charge >= 0.3 is 6.09 Å². The first kappa shape index (κ1) is 41.0. The number of hydrogen-bond acceptors (Lipinski definition) is 7. The highest BCUT2D eigenvalue weighted by Gasteiger charge is 2.47. The monoisotopic (exact) mass is 683 g/mol. The van der Waals surface area contributed by atoms with Crippen LogP contribution < -0.4 is 16.0 Å². The van der Waals surface area contributed by atoms with Crippen LogP contribution in [0.25, 0.3) is 0 Å². The van der Waals surface area contributed by atoms with Crippen LogP contribution in [0.5, 0.6) is 0 Å². The third-order valence-electron chi connectivity index (χ3n) is 8.34. The lowest BCUT2D eigenvalue weighted by molar-refractivity contribution is -0.144.